The van der Waals surface area contributed by atoms with Crippen LogP contribution < -0.4 is 5.32 Å². The predicted octanol–water partition coefficient (Wildman–Crippen LogP) is 3.08. The first-order valence-corrected chi connectivity index (χ1v) is 6.59. The largest absolute Gasteiger partial charge is 0.376 e. The van der Waals surface area contributed by atoms with Crippen molar-refractivity contribution in [3.8, 4) is 0 Å². The van der Waals surface area contributed by atoms with Crippen LogP contribution in [0.3, 0.4) is 0 Å². The van der Waals surface area contributed by atoms with Crippen molar-refractivity contribution in [1.29, 1.82) is 0 Å². The molecule has 0 aliphatic heterocycles. The van der Waals surface area contributed by atoms with E-state index >= 15 is 0 Å². The Balaban J connectivity index is 1.78. The summed E-state index contributed by atoms with van der Waals surface area (Å²) in [6.45, 7) is 2.20. The molecule has 0 saturated carbocycles. The van der Waals surface area contributed by atoms with Crippen LogP contribution in [0.15, 0.2) is 30.6 Å². The monoisotopic (exact) mass is 241 g/mol. The Bertz CT molecular complexity index is 557. The molecule has 0 saturated heterocycles. The topological polar surface area (TPSA) is 29.9 Å². The Morgan fingerprint density at radius 1 is 1.28 bits per heavy atom. The van der Waals surface area contributed by atoms with E-state index < -0.39 is 0 Å². The smallest absolute Gasteiger partial charge is 0.0731 e. The molecule has 1 aliphatic carbocycles. The normalized spacial score (nSPS) is 15.4. The van der Waals surface area contributed by atoms with Gasteiger partial charge in [-0.2, -0.15) is 5.10 Å². The molecular formula is C15H19N3. The Morgan fingerprint density at radius 2 is 2.11 bits per heavy atom. The van der Waals surface area contributed by atoms with Gasteiger partial charge in [0.2, 0.25) is 0 Å². The van der Waals surface area contributed by atoms with Crippen LogP contribution in [0.4, 0.5) is 5.69 Å². The summed E-state index contributed by atoms with van der Waals surface area (Å²) < 4.78 is 1.82. The molecule has 3 nitrogen and oxygen atoms in total. The summed E-state index contributed by atoms with van der Waals surface area (Å²) in [5.74, 6) is 0. The van der Waals surface area contributed by atoms with E-state index in [2.05, 4.69) is 35.5 Å². The second-order valence-electron chi connectivity index (χ2n) is 5.15. The molecule has 1 heterocycles. The molecule has 2 aromatic rings. The van der Waals surface area contributed by atoms with Crippen LogP contribution >= 0.6 is 0 Å². The maximum absolute atomic E-state index is 4.18. The van der Waals surface area contributed by atoms with E-state index in [4.69, 9.17) is 0 Å². The average Bonchev–Trinajstić information content (AvgIpc) is 2.96. The average molecular weight is 241 g/mol. The number of fused-ring (bicyclic) bond motifs is 1. The van der Waals surface area contributed by atoms with Crippen molar-refractivity contribution in [3.63, 3.8) is 0 Å². The van der Waals surface area contributed by atoms with Crippen molar-refractivity contribution < 1.29 is 0 Å². The Morgan fingerprint density at radius 3 is 2.89 bits per heavy atom. The summed E-state index contributed by atoms with van der Waals surface area (Å²) in [6, 6.07) is 7.22. The van der Waals surface area contributed by atoms with E-state index in [-0.39, 0.29) is 0 Å². The highest BCUT2D eigenvalue weighted by Crippen LogP contribution is 2.26. The van der Waals surface area contributed by atoms with E-state index in [9.17, 15) is 0 Å². The molecule has 0 bridgehead atoms. The number of hydrogen-bond acceptors (Lipinski definition) is 2. The fourth-order valence-corrected chi connectivity index (χ4v) is 2.69. The summed E-state index contributed by atoms with van der Waals surface area (Å²) in [6.07, 6.45) is 7.67. The third kappa shape index (κ3) is 2.13. The summed E-state index contributed by atoms with van der Waals surface area (Å²) in [4.78, 5) is 0. The molecule has 3 heteroatoms. The van der Waals surface area contributed by atoms with Gasteiger partial charge in [-0.25, -0.2) is 0 Å². The SMILES string of the molecule is CC(Nc1cnn(C)c1)c1ccc2c(c1)CCC2. The molecule has 1 aliphatic rings. The van der Waals surface area contributed by atoms with Crippen molar-refractivity contribution in [3.05, 3.63) is 47.3 Å². The maximum atomic E-state index is 4.18. The summed E-state index contributed by atoms with van der Waals surface area (Å²) >= 11 is 0. The number of nitrogens with one attached hydrogen (secondary N) is 1. The van der Waals surface area contributed by atoms with Gasteiger partial charge in [-0.15, -0.1) is 0 Å². The number of aromatic nitrogens is 2. The van der Waals surface area contributed by atoms with Crippen LogP contribution in [0.5, 0.6) is 0 Å². The number of nitrogens with zero attached hydrogens (tertiary/aromatic N) is 2. The molecule has 0 radical (unpaired) electrons. The van der Waals surface area contributed by atoms with Crippen molar-refractivity contribution >= 4 is 5.69 Å². The van der Waals surface area contributed by atoms with Gasteiger partial charge < -0.3 is 5.32 Å². The Kier molecular flexibility index (Phi) is 2.82. The van der Waals surface area contributed by atoms with Crippen LogP contribution in [-0.4, -0.2) is 9.78 Å². The third-order valence-electron chi connectivity index (χ3n) is 3.71. The van der Waals surface area contributed by atoms with Crippen molar-refractivity contribution in [2.24, 2.45) is 7.05 Å². The first-order chi connectivity index (χ1) is 8.72. The van der Waals surface area contributed by atoms with Gasteiger partial charge in [0, 0.05) is 19.3 Å². The minimum atomic E-state index is 0.320. The maximum Gasteiger partial charge on any atom is 0.0731 e. The number of rotatable bonds is 3. The van der Waals surface area contributed by atoms with Gasteiger partial charge >= 0.3 is 0 Å². The second kappa shape index (κ2) is 4.48. The lowest BCUT2D eigenvalue weighted by Crippen LogP contribution is -2.06. The molecule has 0 fully saturated rings. The zero-order valence-electron chi connectivity index (χ0n) is 11.0. The molecule has 1 N–H and O–H groups in total. The molecule has 0 spiro atoms. The first kappa shape index (κ1) is 11.3. The molecule has 1 aromatic heterocycles. The number of aryl methyl sites for hydroxylation is 3. The van der Waals surface area contributed by atoms with Crippen LogP contribution in [0.25, 0.3) is 0 Å². The lowest BCUT2D eigenvalue weighted by molar-refractivity contribution is 0.767. The summed E-state index contributed by atoms with van der Waals surface area (Å²) in [7, 11) is 1.94. The molecule has 0 amide bonds. The quantitative estimate of drug-likeness (QED) is 0.895. The first-order valence-electron chi connectivity index (χ1n) is 6.59. The van der Waals surface area contributed by atoms with E-state index in [1.54, 1.807) is 0 Å². The Hall–Kier alpha value is -1.77. The van der Waals surface area contributed by atoms with Crippen molar-refractivity contribution in [2.75, 3.05) is 5.32 Å². The number of hydrogen-bond donors (Lipinski definition) is 1. The zero-order chi connectivity index (χ0) is 12.5. The lowest BCUT2D eigenvalue weighted by atomic mass is 10.0. The van der Waals surface area contributed by atoms with E-state index in [0.717, 1.165) is 5.69 Å². The molecule has 1 aromatic carbocycles. The molecule has 3 rings (SSSR count). The van der Waals surface area contributed by atoms with Crippen LogP contribution in [0, 0.1) is 0 Å². The standard InChI is InChI=1S/C15H19N3/c1-11(17-15-9-16-18(2)10-15)13-7-6-12-4-3-5-14(12)8-13/h6-11,17H,3-5H2,1-2H3. The molecular weight excluding hydrogens is 222 g/mol. The predicted molar refractivity (Wildman–Crippen MR) is 73.7 cm³/mol. The van der Waals surface area contributed by atoms with Crippen molar-refractivity contribution in [2.45, 2.75) is 32.2 Å². The summed E-state index contributed by atoms with van der Waals surface area (Å²) in [5.41, 5.74) is 5.50. The number of anilines is 1. The van der Waals surface area contributed by atoms with E-state index in [0.29, 0.717) is 6.04 Å². The molecule has 1 unspecified atom stereocenters. The van der Waals surface area contributed by atoms with Gasteiger partial charge in [0.15, 0.2) is 0 Å². The van der Waals surface area contributed by atoms with Crippen LogP contribution in [-0.2, 0) is 19.9 Å². The summed E-state index contributed by atoms with van der Waals surface area (Å²) in [5, 5.41) is 7.66. The van der Waals surface area contributed by atoms with Gasteiger partial charge in [-0.3, -0.25) is 4.68 Å². The molecule has 18 heavy (non-hydrogen) atoms. The number of benzene rings is 1. The highest BCUT2D eigenvalue weighted by atomic mass is 15.3. The van der Waals surface area contributed by atoms with Crippen LogP contribution in [0.2, 0.25) is 0 Å². The van der Waals surface area contributed by atoms with Gasteiger partial charge in [-0.05, 0) is 42.9 Å². The minimum absolute atomic E-state index is 0.320. The van der Waals surface area contributed by atoms with Crippen molar-refractivity contribution in [1.82, 2.24) is 9.78 Å². The van der Waals surface area contributed by atoms with Gasteiger partial charge in [-0.1, -0.05) is 18.2 Å². The fourth-order valence-electron chi connectivity index (χ4n) is 2.69. The van der Waals surface area contributed by atoms with E-state index in [1.807, 2.05) is 24.1 Å². The zero-order valence-corrected chi connectivity index (χ0v) is 11.0. The Labute approximate surface area is 108 Å². The highest BCUT2D eigenvalue weighted by Gasteiger charge is 2.13. The van der Waals surface area contributed by atoms with Gasteiger partial charge in [0.25, 0.3) is 0 Å². The third-order valence-corrected chi connectivity index (χ3v) is 3.71. The fraction of sp³-hybridized carbons (Fsp3) is 0.400. The van der Waals surface area contributed by atoms with E-state index in [1.165, 1.54) is 36.0 Å². The minimum Gasteiger partial charge on any atom is -0.376 e. The van der Waals surface area contributed by atoms with Gasteiger partial charge in [0.05, 0.1) is 11.9 Å². The van der Waals surface area contributed by atoms with Gasteiger partial charge in [0.1, 0.15) is 0 Å². The second-order valence-corrected chi connectivity index (χ2v) is 5.15. The highest BCUT2D eigenvalue weighted by molar-refractivity contribution is 5.43. The van der Waals surface area contributed by atoms with Crippen LogP contribution in [0.1, 0.15) is 36.1 Å². The lowest BCUT2D eigenvalue weighted by Gasteiger charge is -2.15. The molecule has 1 atom stereocenters. The molecule has 94 valence electrons.